The molecule has 1 aliphatic carbocycles. The fraction of sp³-hybridized carbons (Fsp3) is 0.667. The molecule has 0 radical (unpaired) electrons. The van der Waals surface area contributed by atoms with Crippen molar-refractivity contribution in [3.05, 3.63) is 29.8 Å². The highest BCUT2D eigenvalue weighted by molar-refractivity contribution is 6.18. The van der Waals surface area contributed by atoms with Crippen LogP contribution in [0.4, 0.5) is 9.59 Å². The van der Waals surface area contributed by atoms with Gasteiger partial charge in [-0.05, 0) is 62.1 Å². The number of rotatable bonds is 9. The normalized spacial score (nSPS) is 27.1. The first-order valence-corrected chi connectivity index (χ1v) is 14.5. The van der Waals surface area contributed by atoms with Gasteiger partial charge in [0, 0.05) is 6.54 Å². The second-order valence-electron chi connectivity index (χ2n) is 10.1. The monoisotopic (exact) mass is 586 g/mol. The first-order valence-electron chi connectivity index (χ1n) is 13.4. The lowest BCUT2D eigenvalue weighted by Gasteiger charge is -2.51. The molecule has 2 aliphatic heterocycles. The van der Waals surface area contributed by atoms with Crippen molar-refractivity contribution in [3.63, 3.8) is 0 Å². The van der Waals surface area contributed by atoms with E-state index < -0.39 is 23.8 Å². The highest BCUT2D eigenvalue weighted by atomic mass is 35.5. The lowest BCUT2D eigenvalue weighted by Crippen LogP contribution is -2.72. The number of likely N-dealkylation sites (tertiary alicyclic amines) is 1. The third-order valence-corrected chi connectivity index (χ3v) is 7.85. The Bertz CT molecular complexity index is 986. The Morgan fingerprint density at radius 1 is 1.10 bits per heavy atom. The molecule has 2 unspecified atom stereocenters. The van der Waals surface area contributed by atoms with Crippen LogP contribution in [0.15, 0.2) is 24.3 Å². The minimum Gasteiger partial charge on any atom is -0.448 e. The second-order valence-corrected chi connectivity index (χ2v) is 10.8. The van der Waals surface area contributed by atoms with Crippen LogP contribution in [0.1, 0.15) is 50.0 Å². The Labute approximate surface area is 238 Å². The van der Waals surface area contributed by atoms with E-state index in [9.17, 15) is 14.4 Å². The maximum Gasteiger partial charge on any atom is 0.513 e. The molecule has 0 aromatic heterocycles. The van der Waals surface area contributed by atoms with E-state index in [-0.39, 0.29) is 50.2 Å². The number of hydrogen-bond acceptors (Lipinski definition) is 8. The number of carbonyl (C=O) groups is 3. The van der Waals surface area contributed by atoms with Crippen LogP contribution >= 0.6 is 23.2 Å². The molecule has 1 aromatic rings. The van der Waals surface area contributed by atoms with E-state index in [4.69, 9.17) is 46.9 Å². The van der Waals surface area contributed by atoms with Gasteiger partial charge in [-0.25, -0.2) is 9.59 Å². The maximum absolute atomic E-state index is 12.9. The predicted molar refractivity (Wildman–Crippen MR) is 144 cm³/mol. The third kappa shape index (κ3) is 7.90. The molecule has 39 heavy (non-hydrogen) atoms. The molecule has 4 rings (SSSR count). The van der Waals surface area contributed by atoms with Crippen molar-refractivity contribution < 1.29 is 38.1 Å². The first-order chi connectivity index (χ1) is 18.9. The van der Waals surface area contributed by atoms with E-state index >= 15 is 0 Å². The summed E-state index contributed by atoms with van der Waals surface area (Å²) in [5, 5.41) is 3.10. The number of amides is 2. The first kappa shape index (κ1) is 29.7. The summed E-state index contributed by atoms with van der Waals surface area (Å²) >= 11 is 11.3. The Morgan fingerprint density at radius 2 is 1.87 bits per heavy atom. The summed E-state index contributed by atoms with van der Waals surface area (Å²) in [7, 11) is 0. The van der Waals surface area contributed by atoms with Crippen molar-refractivity contribution in [1.82, 2.24) is 10.2 Å². The highest BCUT2D eigenvalue weighted by Gasteiger charge is 2.50. The van der Waals surface area contributed by atoms with Crippen LogP contribution in [0.5, 0.6) is 5.75 Å². The molecule has 0 bridgehead atoms. The van der Waals surface area contributed by atoms with Gasteiger partial charge < -0.3 is 33.9 Å². The molecule has 1 spiro atoms. The third-order valence-electron chi connectivity index (χ3n) is 7.55. The summed E-state index contributed by atoms with van der Waals surface area (Å²) in [5.41, 5.74) is 0.383. The summed E-state index contributed by atoms with van der Waals surface area (Å²) in [6.07, 6.45) is 3.69. The average Bonchev–Trinajstić information content (AvgIpc) is 2.94. The van der Waals surface area contributed by atoms with Gasteiger partial charge in [-0.1, -0.05) is 12.1 Å². The number of halogens is 2. The van der Waals surface area contributed by atoms with Crippen LogP contribution < -0.4 is 10.1 Å². The van der Waals surface area contributed by atoms with Gasteiger partial charge in [0.25, 0.3) is 0 Å². The average molecular weight is 587 g/mol. The molecule has 1 N–H and O–H groups in total. The maximum atomic E-state index is 12.9. The summed E-state index contributed by atoms with van der Waals surface area (Å²) in [5.74, 6) is 0.969. The van der Waals surface area contributed by atoms with Crippen LogP contribution in [0.25, 0.3) is 0 Å². The lowest BCUT2D eigenvalue weighted by molar-refractivity contribution is -0.144. The van der Waals surface area contributed by atoms with Crippen LogP contribution in [-0.4, -0.2) is 92.1 Å². The predicted octanol–water partition coefficient (Wildman–Crippen LogP) is 4.21. The zero-order valence-corrected chi connectivity index (χ0v) is 23.4. The van der Waals surface area contributed by atoms with Gasteiger partial charge in [0.05, 0.1) is 42.7 Å². The van der Waals surface area contributed by atoms with Crippen molar-refractivity contribution in [2.24, 2.45) is 0 Å². The number of carbonyl (C=O) groups excluding carboxylic acids is 3. The fourth-order valence-corrected chi connectivity index (χ4v) is 5.88. The molecule has 12 heteroatoms. The number of piperidine rings is 1. The zero-order valence-electron chi connectivity index (χ0n) is 21.9. The number of nitrogens with one attached hydrogen (secondary N) is 1. The smallest absolute Gasteiger partial charge is 0.448 e. The van der Waals surface area contributed by atoms with Gasteiger partial charge in [0.15, 0.2) is 0 Å². The number of hydrogen-bond donors (Lipinski definition) is 1. The van der Waals surface area contributed by atoms with Crippen LogP contribution in [0, 0.1) is 0 Å². The van der Waals surface area contributed by atoms with E-state index in [1.807, 2.05) is 18.2 Å². The van der Waals surface area contributed by atoms with Crippen LogP contribution in [0.2, 0.25) is 0 Å². The van der Waals surface area contributed by atoms with Crippen LogP contribution in [0.3, 0.4) is 0 Å². The SMILES string of the molecule is O=C1COCC2(CCCN(C(=O)OCCCl)C2COC2CCC(c3cccc(OC(=O)OCCCl)c3)CC2)N1. The zero-order chi connectivity index (χ0) is 27.7. The van der Waals surface area contributed by atoms with Gasteiger partial charge >= 0.3 is 12.2 Å². The van der Waals surface area contributed by atoms with Crippen molar-refractivity contribution in [1.29, 1.82) is 0 Å². The summed E-state index contributed by atoms with van der Waals surface area (Å²) in [6.45, 7) is 1.32. The van der Waals surface area contributed by atoms with Crippen molar-refractivity contribution >= 4 is 41.4 Å². The number of benzene rings is 1. The largest absolute Gasteiger partial charge is 0.513 e. The molecular formula is C27H36Cl2N2O8. The quantitative estimate of drug-likeness (QED) is 0.260. The van der Waals surface area contributed by atoms with Crippen molar-refractivity contribution in [2.75, 3.05) is 51.3 Å². The van der Waals surface area contributed by atoms with E-state index in [2.05, 4.69) is 5.32 Å². The molecule has 2 heterocycles. The molecule has 2 saturated heterocycles. The minimum atomic E-state index is -0.773. The Morgan fingerprint density at radius 3 is 2.62 bits per heavy atom. The molecule has 2 amide bonds. The van der Waals surface area contributed by atoms with Gasteiger partial charge in [-0.2, -0.15) is 0 Å². The summed E-state index contributed by atoms with van der Waals surface area (Å²) in [6, 6.07) is 7.07. The molecule has 1 aromatic carbocycles. The van der Waals surface area contributed by atoms with Gasteiger partial charge in [0.1, 0.15) is 25.6 Å². The molecular weight excluding hydrogens is 551 g/mol. The fourth-order valence-electron chi connectivity index (χ4n) is 5.72. The van der Waals surface area contributed by atoms with E-state index in [1.54, 1.807) is 11.0 Å². The van der Waals surface area contributed by atoms with E-state index in [1.165, 1.54) is 0 Å². The van der Waals surface area contributed by atoms with Gasteiger partial charge in [0.2, 0.25) is 5.91 Å². The number of ether oxygens (including phenoxy) is 5. The van der Waals surface area contributed by atoms with E-state index in [0.717, 1.165) is 31.2 Å². The molecule has 2 atom stereocenters. The Hall–Kier alpha value is -2.27. The molecule has 216 valence electrons. The molecule has 10 nitrogen and oxygen atoms in total. The highest BCUT2D eigenvalue weighted by Crippen LogP contribution is 2.37. The Balaban J connectivity index is 1.35. The Kier molecular flexibility index (Phi) is 11.0. The topological polar surface area (TPSA) is 113 Å². The van der Waals surface area contributed by atoms with Crippen LogP contribution in [-0.2, 0) is 23.7 Å². The minimum absolute atomic E-state index is 0.0108. The number of morpholine rings is 1. The number of nitrogens with zero attached hydrogens (tertiary/aromatic N) is 1. The molecule has 1 saturated carbocycles. The second kappa shape index (κ2) is 14.4. The standard InChI is InChI=1S/C27H36Cl2N2O8/c28-10-13-36-25(33)31-12-2-9-27(18-35-17-24(32)30-27)23(31)16-38-21-7-5-19(6-8-21)20-3-1-4-22(15-20)39-26(34)37-14-11-29/h1,3-4,15,19,21,23H,2,5-14,16-18H2,(H,30,32). The van der Waals surface area contributed by atoms with Gasteiger partial charge in [-0.3, -0.25) is 4.79 Å². The van der Waals surface area contributed by atoms with Gasteiger partial charge in [-0.15, -0.1) is 23.2 Å². The number of alkyl halides is 2. The van der Waals surface area contributed by atoms with Crippen molar-refractivity contribution in [3.8, 4) is 5.75 Å². The van der Waals surface area contributed by atoms with E-state index in [0.29, 0.717) is 37.7 Å². The van der Waals surface area contributed by atoms with Crippen molar-refractivity contribution in [2.45, 2.75) is 62.1 Å². The molecule has 3 aliphatic rings. The summed E-state index contributed by atoms with van der Waals surface area (Å²) in [4.78, 5) is 38.5. The lowest BCUT2D eigenvalue weighted by atomic mass is 9.80. The molecule has 3 fully saturated rings. The summed E-state index contributed by atoms with van der Waals surface area (Å²) < 4.78 is 27.5.